The molecule has 148 valence electrons. The maximum absolute atomic E-state index is 12.8. The number of hydrogen-bond acceptors (Lipinski definition) is 3. The van der Waals surface area contributed by atoms with Crippen molar-refractivity contribution in [3.05, 3.63) is 33.8 Å². The molecule has 0 radical (unpaired) electrons. The standard InChI is InChI=1S/C19H23Cl2N3O2.ClH/c20-13-1-2-14(16(21)11-13)17(25)23-7-9-24(10-8-23)18(26)15-12-19(15)3-5-22-6-4-19;/h1-2,11,15,22H,3-10,12H2;1H. The van der Waals surface area contributed by atoms with Crippen molar-refractivity contribution in [3.63, 3.8) is 0 Å². The number of halogens is 3. The summed E-state index contributed by atoms with van der Waals surface area (Å²) in [6.07, 6.45) is 3.25. The molecule has 2 amide bonds. The minimum Gasteiger partial charge on any atom is -0.339 e. The average molecular weight is 433 g/mol. The Hall–Kier alpha value is -1.01. The predicted octanol–water partition coefficient (Wildman–Crippen LogP) is 3.09. The van der Waals surface area contributed by atoms with Crippen molar-refractivity contribution in [2.24, 2.45) is 11.3 Å². The first-order valence-corrected chi connectivity index (χ1v) is 10.00. The monoisotopic (exact) mass is 431 g/mol. The van der Waals surface area contributed by atoms with Crippen LogP contribution in [0, 0.1) is 11.3 Å². The van der Waals surface area contributed by atoms with Crippen LogP contribution in [0.25, 0.3) is 0 Å². The molecule has 1 atom stereocenters. The van der Waals surface area contributed by atoms with Gasteiger partial charge in [0.05, 0.1) is 10.6 Å². The second-order valence-corrected chi connectivity index (χ2v) is 8.45. The van der Waals surface area contributed by atoms with Crippen molar-refractivity contribution in [3.8, 4) is 0 Å². The SMILES string of the molecule is Cl.O=C(c1ccc(Cl)cc1Cl)N1CCN(C(=O)C2CC23CCNCC3)CC1. The van der Waals surface area contributed by atoms with E-state index < -0.39 is 0 Å². The summed E-state index contributed by atoms with van der Waals surface area (Å²) in [4.78, 5) is 29.2. The summed E-state index contributed by atoms with van der Waals surface area (Å²) in [6.45, 7) is 4.33. The van der Waals surface area contributed by atoms with E-state index >= 15 is 0 Å². The maximum atomic E-state index is 12.8. The number of piperidine rings is 1. The molecule has 8 heteroatoms. The molecule has 0 aromatic heterocycles. The molecule has 0 bridgehead atoms. The molecule has 4 rings (SSSR count). The molecule has 1 aliphatic carbocycles. The lowest BCUT2D eigenvalue weighted by Gasteiger charge is -2.35. The van der Waals surface area contributed by atoms with E-state index in [2.05, 4.69) is 5.32 Å². The quantitative estimate of drug-likeness (QED) is 0.781. The molecule has 1 aromatic carbocycles. The van der Waals surface area contributed by atoms with Crippen molar-refractivity contribution in [1.82, 2.24) is 15.1 Å². The lowest BCUT2D eigenvalue weighted by Crippen LogP contribution is -2.51. The molecular formula is C19H24Cl3N3O2. The van der Waals surface area contributed by atoms with Crippen molar-refractivity contribution in [1.29, 1.82) is 0 Å². The fourth-order valence-corrected chi connectivity index (χ4v) is 4.85. The van der Waals surface area contributed by atoms with Gasteiger partial charge in [-0.15, -0.1) is 12.4 Å². The van der Waals surface area contributed by atoms with Gasteiger partial charge < -0.3 is 15.1 Å². The van der Waals surface area contributed by atoms with Gasteiger partial charge in [-0.25, -0.2) is 0 Å². The topological polar surface area (TPSA) is 52.7 Å². The first-order chi connectivity index (χ1) is 12.5. The van der Waals surface area contributed by atoms with Gasteiger partial charge >= 0.3 is 0 Å². The summed E-state index contributed by atoms with van der Waals surface area (Å²) < 4.78 is 0. The van der Waals surface area contributed by atoms with Crippen LogP contribution < -0.4 is 5.32 Å². The van der Waals surface area contributed by atoms with Gasteiger partial charge in [0.2, 0.25) is 5.91 Å². The average Bonchev–Trinajstić information content (AvgIpc) is 3.34. The number of amides is 2. The highest BCUT2D eigenvalue weighted by atomic mass is 35.5. The van der Waals surface area contributed by atoms with E-state index in [9.17, 15) is 9.59 Å². The third kappa shape index (κ3) is 4.07. The summed E-state index contributed by atoms with van der Waals surface area (Å²) in [5.74, 6) is 0.376. The van der Waals surface area contributed by atoms with E-state index in [0.29, 0.717) is 41.8 Å². The lowest BCUT2D eigenvalue weighted by atomic mass is 9.91. The highest BCUT2D eigenvalue weighted by molar-refractivity contribution is 6.36. The second-order valence-electron chi connectivity index (χ2n) is 7.61. The maximum Gasteiger partial charge on any atom is 0.255 e. The predicted molar refractivity (Wildman–Crippen MR) is 109 cm³/mol. The Labute approximate surface area is 175 Å². The first-order valence-electron chi connectivity index (χ1n) is 9.24. The summed E-state index contributed by atoms with van der Waals surface area (Å²) in [5.41, 5.74) is 0.721. The van der Waals surface area contributed by atoms with Crippen molar-refractivity contribution >= 4 is 47.4 Å². The molecule has 3 aliphatic rings. The lowest BCUT2D eigenvalue weighted by molar-refractivity contribution is -0.135. The van der Waals surface area contributed by atoms with E-state index in [0.717, 1.165) is 32.4 Å². The Morgan fingerprint density at radius 3 is 2.30 bits per heavy atom. The van der Waals surface area contributed by atoms with Crippen LogP contribution in [0.5, 0.6) is 0 Å². The van der Waals surface area contributed by atoms with Gasteiger partial charge in [0.25, 0.3) is 5.91 Å². The highest BCUT2D eigenvalue weighted by Crippen LogP contribution is 2.59. The van der Waals surface area contributed by atoms with E-state index in [1.165, 1.54) is 0 Å². The zero-order chi connectivity index (χ0) is 18.3. The van der Waals surface area contributed by atoms with Gasteiger partial charge in [0.15, 0.2) is 0 Å². The third-order valence-electron chi connectivity index (χ3n) is 6.13. The fourth-order valence-electron chi connectivity index (χ4n) is 4.36. The largest absolute Gasteiger partial charge is 0.339 e. The summed E-state index contributed by atoms with van der Waals surface area (Å²) in [6, 6.07) is 4.92. The molecule has 3 fully saturated rings. The number of carbonyl (C=O) groups is 2. The van der Waals surface area contributed by atoms with Gasteiger partial charge in [0.1, 0.15) is 0 Å². The van der Waals surface area contributed by atoms with Crippen LogP contribution in [-0.2, 0) is 4.79 Å². The van der Waals surface area contributed by atoms with E-state index in [-0.39, 0.29) is 35.6 Å². The minimum atomic E-state index is -0.0972. The molecule has 2 aliphatic heterocycles. The molecule has 2 heterocycles. The van der Waals surface area contributed by atoms with Crippen molar-refractivity contribution in [2.75, 3.05) is 39.3 Å². The Bertz CT molecular complexity index is 729. The second kappa shape index (κ2) is 8.16. The summed E-state index contributed by atoms with van der Waals surface area (Å²) in [5, 5.41) is 4.25. The Morgan fingerprint density at radius 2 is 1.67 bits per heavy atom. The Balaban J connectivity index is 0.00000210. The number of benzene rings is 1. The molecule has 27 heavy (non-hydrogen) atoms. The van der Waals surface area contributed by atoms with Crippen LogP contribution in [0.2, 0.25) is 10.0 Å². The number of rotatable bonds is 2. The molecule has 5 nitrogen and oxygen atoms in total. The van der Waals surface area contributed by atoms with Gasteiger partial charge in [-0.05, 0) is 56.0 Å². The van der Waals surface area contributed by atoms with Crippen molar-refractivity contribution in [2.45, 2.75) is 19.3 Å². The molecule has 2 saturated heterocycles. The van der Waals surface area contributed by atoms with Gasteiger partial charge in [-0.3, -0.25) is 9.59 Å². The number of nitrogens with one attached hydrogen (secondary N) is 1. The highest BCUT2D eigenvalue weighted by Gasteiger charge is 2.58. The zero-order valence-corrected chi connectivity index (χ0v) is 17.4. The van der Waals surface area contributed by atoms with E-state index in [1.807, 2.05) is 4.90 Å². The molecular weight excluding hydrogens is 409 g/mol. The number of hydrogen-bond donors (Lipinski definition) is 1. The Morgan fingerprint density at radius 1 is 1.04 bits per heavy atom. The van der Waals surface area contributed by atoms with Crippen molar-refractivity contribution < 1.29 is 9.59 Å². The van der Waals surface area contributed by atoms with Crippen LogP contribution >= 0.6 is 35.6 Å². The third-order valence-corrected chi connectivity index (χ3v) is 6.68. The molecule has 1 unspecified atom stereocenters. The van der Waals surface area contributed by atoms with Crippen LogP contribution in [-0.4, -0.2) is 60.9 Å². The van der Waals surface area contributed by atoms with Crippen LogP contribution in [0.3, 0.4) is 0 Å². The number of nitrogens with zero attached hydrogens (tertiary/aromatic N) is 2. The van der Waals surface area contributed by atoms with Gasteiger partial charge in [0, 0.05) is 37.1 Å². The van der Waals surface area contributed by atoms with Crippen LogP contribution in [0.15, 0.2) is 18.2 Å². The van der Waals surface area contributed by atoms with Gasteiger partial charge in [-0.2, -0.15) is 0 Å². The van der Waals surface area contributed by atoms with Crippen LogP contribution in [0.4, 0.5) is 0 Å². The Kier molecular flexibility index (Phi) is 6.26. The normalized spacial score (nSPS) is 23.7. The first kappa shape index (κ1) is 20.7. The van der Waals surface area contributed by atoms with E-state index in [1.54, 1.807) is 23.1 Å². The van der Waals surface area contributed by atoms with Crippen LogP contribution in [0.1, 0.15) is 29.6 Å². The number of carbonyl (C=O) groups excluding carboxylic acids is 2. The summed E-state index contributed by atoms with van der Waals surface area (Å²) >= 11 is 12.1. The fraction of sp³-hybridized carbons (Fsp3) is 0.579. The zero-order valence-electron chi connectivity index (χ0n) is 15.0. The summed E-state index contributed by atoms with van der Waals surface area (Å²) in [7, 11) is 0. The van der Waals surface area contributed by atoms with Gasteiger partial charge in [-0.1, -0.05) is 23.2 Å². The molecule has 1 N–H and O–H groups in total. The molecule has 1 aromatic rings. The number of piperazine rings is 1. The minimum absolute atomic E-state index is 0. The molecule has 1 saturated carbocycles. The smallest absolute Gasteiger partial charge is 0.255 e. The molecule has 1 spiro atoms. The van der Waals surface area contributed by atoms with E-state index in [4.69, 9.17) is 23.2 Å².